The summed E-state index contributed by atoms with van der Waals surface area (Å²) < 4.78 is 13.9. The van der Waals surface area contributed by atoms with Gasteiger partial charge in [-0.1, -0.05) is 41.9 Å². The van der Waals surface area contributed by atoms with E-state index in [1.54, 1.807) is 0 Å². The van der Waals surface area contributed by atoms with Gasteiger partial charge < -0.3 is 18.9 Å². The van der Waals surface area contributed by atoms with Crippen molar-refractivity contribution in [1.29, 1.82) is 0 Å². The smallest absolute Gasteiger partial charge is 0.223 e. The minimum absolute atomic E-state index is 0.0613. The van der Waals surface area contributed by atoms with Gasteiger partial charge in [0.15, 0.2) is 5.79 Å². The molecule has 1 spiro atoms. The van der Waals surface area contributed by atoms with E-state index in [9.17, 15) is 4.79 Å². The first-order valence-electron chi connectivity index (χ1n) is 11.5. The fraction of sp³-hybridized carbons (Fsp3) is 0.423. The van der Waals surface area contributed by atoms with E-state index >= 15 is 0 Å². The van der Waals surface area contributed by atoms with Crippen LogP contribution in [-0.4, -0.2) is 47.5 Å². The van der Waals surface area contributed by atoms with Crippen molar-refractivity contribution >= 4 is 28.4 Å². The van der Waals surface area contributed by atoms with Gasteiger partial charge in [0.1, 0.15) is 0 Å². The number of hydrogen-bond donors (Lipinski definition) is 0. The number of ether oxygens (including phenoxy) is 2. The molecule has 168 valence electrons. The maximum atomic E-state index is 13.5. The molecule has 0 unspecified atom stereocenters. The Morgan fingerprint density at radius 3 is 2.56 bits per heavy atom. The van der Waals surface area contributed by atoms with Gasteiger partial charge in [-0.3, -0.25) is 4.79 Å². The molecule has 5 rings (SSSR count). The highest BCUT2D eigenvalue weighted by Crippen LogP contribution is 2.37. The first-order chi connectivity index (χ1) is 15.6. The monoisotopic (exact) mass is 452 g/mol. The van der Waals surface area contributed by atoms with Gasteiger partial charge in [-0.2, -0.15) is 0 Å². The summed E-state index contributed by atoms with van der Waals surface area (Å²) in [5, 5.41) is 1.88. The molecule has 3 heterocycles. The first-order valence-corrected chi connectivity index (χ1v) is 11.9. The number of piperidine rings is 1. The van der Waals surface area contributed by atoms with Crippen molar-refractivity contribution < 1.29 is 14.3 Å². The molecule has 1 atom stereocenters. The Kier molecular flexibility index (Phi) is 5.97. The van der Waals surface area contributed by atoms with Gasteiger partial charge in [-0.05, 0) is 36.2 Å². The maximum absolute atomic E-state index is 13.5. The average molecular weight is 453 g/mol. The number of para-hydroxylation sites is 1. The molecule has 2 aromatic carbocycles. The lowest BCUT2D eigenvalue weighted by Crippen LogP contribution is -2.47. The Labute approximate surface area is 193 Å². The van der Waals surface area contributed by atoms with Crippen molar-refractivity contribution in [3.05, 3.63) is 70.9 Å². The van der Waals surface area contributed by atoms with Crippen LogP contribution in [0.4, 0.5) is 0 Å². The second-order valence-electron chi connectivity index (χ2n) is 8.69. The van der Waals surface area contributed by atoms with E-state index in [0.717, 1.165) is 24.9 Å². The lowest BCUT2D eigenvalue weighted by atomic mass is 9.87. The van der Waals surface area contributed by atoms with Gasteiger partial charge >= 0.3 is 0 Å². The first kappa shape index (κ1) is 21.5. The second-order valence-corrected chi connectivity index (χ2v) is 9.12. The number of halogens is 1. The fourth-order valence-corrected chi connectivity index (χ4v) is 5.33. The molecule has 0 aliphatic carbocycles. The molecule has 0 bridgehead atoms. The Morgan fingerprint density at radius 1 is 1.09 bits per heavy atom. The predicted octanol–water partition coefficient (Wildman–Crippen LogP) is 5.20. The summed E-state index contributed by atoms with van der Waals surface area (Å²) in [6.07, 6.45) is 4.08. The summed E-state index contributed by atoms with van der Waals surface area (Å²) in [4.78, 5) is 15.4. The summed E-state index contributed by atoms with van der Waals surface area (Å²) in [6.45, 7) is 5.64. The van der Waals surface area contributed by atoms with E-state index in [4.69, 9.17) is 21.1 Å². The van der Waals surface area contributed by atoms with Crippen LogP contribution in [0.3, 0.4) is 0 Å². The number of nitrogens with zero attached hydrogens (tertiary/aromatic N) is 2. The molecule has 0 saturated carbocycles. The minimum Gasteiger partial charge on any atom is -0.347 e. The van der Waals surface area contributed by atoms with Gasteiger partial charge in [0, 0.05) is 66.9 Å². The van der Waals surface area contributed by atoms with Crippen molar-refractivity contribution in [3.63, 3.8) is 0 Å². The number of aryl methyl sites for hydroxylation is 1. The number of carbonyl (C=O) groups is 1. The fourth-order valence-electron chi connectivity index (χ4n) is 5.13. The van der Waals surface area contributed by atoms with Crippen LogP contribution in [0.2, 0.25) is 5.02 Å². The van der Waals surface area contributed by atoms with Gasteiger partial charge in [-0.25, -0.2) is 0 Å². The normalized spacial score (nSPS) is 19.0. The summed E-state index contributed by atoms with van der Waals surface area (Å²) in [5.74, 6) is -0.373. The summed E-state index contributed by atoms with van der Waals surface area (Å²) >= 11 is 6.35. The third-order valence-corrected chi connectivity index (χ3v) is 7.09. The van der Waals surface area contributed by atoms with Crippen molar-refractivity contribution in [2.45, 2.75) is 44.4 Å². The number of rotatable bonds is 5. The average Bonchev–Trinajstić information content (AvgIpc) is 3.42. The van der Waals surface area contributed by atoms with E-state index in [-0.39, 0.29) is 11.8 Å². The van der Waals surface area contributed by atoms with E-state index in [1.165, 1.54) is 16.5 Å². The zero-order valence-corrected chi connectivity index (χ0v) is 19.2. The highest BCUT2D eigenvalue weighted by atomic mass is 35.5. The Balaban J connectivity index is 1.45. The van der Waals surface area contributed by atoms with Gasteiger partial charge in [-0.15, -0.1) is 0 Å². The van der Waals surface area contributed by atoms with Gasteiger partial charge in [0.05, 0.1) is 13.2 Å². The molecule has 2 aliphatic rings. The van der Waals surface area contributed by atoms with Crippen LogP contribution in [0.25, 0.3) is 10.9 Å². The third kappa shape index (κ3) is 4.05. The van der Waals surface area contributed by atoms with Crippen LogP contribution in [-0.2, 0) is 20.8 Å². The topological polar surface area (TPSA) is 43.7 Å². The lowest BCUT2D eigenvalue weighted by Gasteiger charge is -2.38. The molecule has 6 heteroatoms. The molecule has 5 nitrogen and oxygen atoms in total. The molecule has 0 N–H and O–H groups in total. The largest absolute Gasteiger partial charge is 0.347 e. The van der Waals surface area contributed by atoms with Crippen molar-refractivity contribution in [3.8, 4) is 0 Å². The van der Waals surface area contributed by atoms with Crippen LogP contribution in [0, 0.1) is 0 Å². The van der Waals surface area contributed by atoms with Crippen LogP contribution < -0.4 is 0 Å². The predicted molar refractivity (Wildman–Crippen MR) is 126 cm³/mol. The van der Waals surface area contributed by atoms with Crippen LogP contribution in [0.15, 0.2) is 54.7 Å². The standard InChI is InChI=1S/C26H29ClN2O3/c1-2-28-18-23(21-8-3-4-9-24(21)28)22(19-6-5-7-20(27)16-19)17-25(30)29-12-10-26(11-13-29)31-14-15-32-26/h3-9,16,18,22H,2,10-15,17H2,1H3/t22-/m1/s1. The second kappa shape index (κ2) is 8.89. The number of benzene rings is 2. The summed E-state index contributed by atoms with van der Waals surface area (Å²) in [5.41, 5.74) is 3.44. The van der Waals surface area contributed by atoms with Crippen molar-refractivity contribution in [1.82, 2.24) is 9.47 Å². The molecular weight excluding hydrogens is 424 g/mol. The number of likely N-dealkylation sites (tertiary alicyclic amines) is 1. The molecule has 0 radical (unpaired) electrons. The molecule has 1 aromatic heterocycles. The Hall–Kier alpha value is -2.34. The SMILES string of the molecule is CCn1cc([C@H](CC(=O)N2CCC3(CC2)OCCO3)c2cccc(Cl)c2)c2ccccc21. The Bertz CT molecular complexity index is 1110. The zero-order valence-electron chi connectivity index (χ0n) is 18.4. The summed E-state index contributed by atoms with van der Waals surface area (Å²) in [6, 6.07) is 16.3. The molecule has 32 heavy (non-hydrogen) atoms. The molecule has 2 saturated heterocycles. The van der Waals surface area contributed by atoms with Crippen LogP contribution in [0.1, 0.15) is 43.2 Å². The van der Waals surface area contributed by atoms with Crippen molar-refractivity contribution in [2.75, 3.05) is 26.3 Å². The van der Waals surface area contributed by atoms with E-state index in [1.807, 2.05) is 23.1 Å². The molecule has 1 amide bonds. The zero-order chi connectivity index (χ0) is 22.1. The van der Waals surface area contributed by atoms with Gasteiger partial charge in [0.2, 0.25) is 5.91 Å². The number of hydrogen-bond acceptors (Lipinski definition) is 3. The molecule has 2 fully saturated rings. The van der Waals surface area contributed by atoms with E-state index < -0.39 is 5.79 Å². The highest BCUT2D eigenvalue weighted by Gasteiger charge is 2.41. The maximum Gasteiger partial charge on any atom is 0.223 e. The third-order valence-electron chi connectivity index (χ3n) is 6.86. The number of carbonyl (C=O) groups excluding carboxylic acids is 1. The van der Waals surface area contributed by atoms with Crippen LogP contribution >= 0.6 is 11.6 Å². The van der Waals surface area contributed by atoms with Crippen LogP contribution in [0.5, 0.6) is 0 Å². The highest BCUT2D eigenvalue weighted by molar-refractivity contribution is 6.30. The molecular formula is C26H29ClN2O3. The lowest BCUT2D eigenvalue weighted by molar-refractivity contribution is -0.187. The minimum atomic E-state index is -0.475. The number of aromatic nitrogens is 1. The Morgan fingerprint density at radius 2 is 1.84 bits per heavy atom. The van der Waals surface area contributed by atoms with Crippen molar-refractivity contribution in [2.24, 2.45) is 0 Å². The number of amides is 1. The summed E-state index contributed by atoms with van der Waals surface area (Å²) in [7, 11) is 0. The van der Waals surface area contributed by atoms with Gasteiger partial charge in [0.25, 0.3) is 0 Å². The molecule has 3 aromatic rings. The quantitative estimate of drug-likeness (QED) is 0.534. The molecule has 2 aliphatic heterocycles. The number of fused-ring (bicyclic) bond motifs is 1. The van der Waals surface area contributed by atoms with E-state index in [2.05, 4.69) is 48.0 Å². The van der Waals surface area contributed by atoms with E-state index in [0.29, 0.717) is 37.7 Å².